The molecule has 0 spiro atoms. The fraction of sp³-hybridized carbons (Fsp3) is 0. The van der Waals surface area contributed by atoms with Gasteiger partial charge in [-0.3, -0.25) is 0 Å². The van der Waals surface area contributed by atoms with Crippen molar-refractivity contribution < 1.29 is 4.42 Å². The maximum atomic E-state index is 12.2. The van der Waals surface area contributed by atoms with Gasteiger partial charge < -0.3 is 9.73 Å². The van der Waals surface area contributed by atoms with Crippen LogP contribution in [0.4, 0.5) is 10.8 Å². The summed E-state index contributed by atoms with van der Waals surface area (Å²) in [7, 11) is 0. The summed E-state index contributed by atoms with van der Waals surface area (Å²) >= 11 is 4.85. The van der Waals surface area contributed by atoms with Crippen LogP contribution < -0.4 is 10.9 Å². The van der Waals surface area contributed by atoms with Crippen molar-refractivity contribution in [1.82, 2.24) is 4.98 Å². The lowest BCUT2D eigenvalue weighted by molar-refractivity contribution is 0.563. The molecule has 0 saturated carbocycles. The molecule has 118 valence electrons. The molecule has 0 radical (unpaired) electrons. The smallest absolute Gasteiger partial charge is 0.345 e. The first-order valence-electron chi connectivity index (χ1n) is 7.20. The minimum atomic E-state index is -0.380. The van der Waals surface area contributed by atoms with E-state index in [1.54, 1.807) is 6.07 Å². The van der Waals surface area contributed by atoms with Gasteiger partial charge in [-0.15, -0.1) is 11.3 Å². The summed E-state index contributed by atoms with van der Waals surface area (Å²) in [6.45, 7) is 0. The van der Waals surface area contributed by atoms with Gasteiger partial charge in [-0.1, -0.05) is 34.1 Å². The third-order valence-electron chi connectivity index (χ3n) is 3.52. The van der Waals surface area contributed by atoms with E-state index in [-0.39, 0.29) is 5.63 Å². The SMILES string of the molecule is O=c1oc2ccccc2cc1-c1csc(Nc2ccc(Br)cc2)n1. The van der Waals surface area contributed by atoms with E-state index in [2.05, 4.69) is 26.2 Å². The average molecular weight is 399 g/mol. The standard InChI is InChI=1S/C18H11BrN2O2S/c19-12-5-7-13(8-6-12)20-18-21-15(10-24-18)14-9-11-3-1-2-4-16(11)23-17(14)22/h1-10H,(H,20,21). The van der Waals surface area contributed by atoms with Gasteiger partial charge in [0, 0.05) is 20.9 Å². The highest BCUT2D eigenvalue weighted by atomic mass is 79.9. The number of aromatic nitrogens is 1. The van der Waals surface area contributed by atoms with Gasteiger partial charge >= 0.3 is 5.63 Å². The maximum absolute atomic E-state index is 12.2. The summed E-state index contributed by atoms with van der Waals surface area (Å²) < 4.78 is 6.39. The highest BCUT2D eigenvalue weighted by Gasteiger charge is 2.11. The molecule has 6 heteroatoms. The van der Waals surface area contributed by atoms with Gasteiger partial charge in [0.15, 0.2) is 5.13 Å². The summed E-state index contributed by atoms with van der Waals surface area (Å²) in [5.41, 5.74) is 2.21. The molecular formula is C18H11BrN2O2S. The van der Waals surface area contributed by atoms with E-state index in [1.165, 1.54) is 11.3 Å². The topological polar surface area (TPSA) is 55.1 Å². The van der Waals surface area contributed by atoms with Gasteiger partial charge in [0.2, 0.25) is 0 Å². The number of benzene rings is 2. The number of fused-ring (bicyclic) bond motifs is 1. The van der Waals surface area contributed by atoms with Gasteiger partial charge in [0.1, 0.15) is 5.58 Å². The van der Waals surface area contributed by atoms with Crippen molar-refractivity contribution in [3.8, 4) is 11.3 Å². The van der Waals surface area contributed by atoms with Gasteiger partial charge in [0.25, 0.3) is 0 Å². The molecule has 0 amide bonds. The molecule has 0 atom stereocenters. The number of halogens is 1. The van der Waals surface area contributed by atoms with Crippen LogP contribution in [0.2, 0.25) is 0 Å². The molecule has 4 rings (SSSR count). The predicted octanol–water partition coefficient (Wildman–Crippen LogP) is 5.42. The lowest BCUT2D eigenvalue weighted by Crippen LogP contribution is -2.02. The van der Waals surface area contributed by atoms with Crippen LogP contribution in [0.1, 0.15) is 0 Å². The zero-order valence-corrected chi connectivity index (χ0v) is 14.7. The molecule has 2 aromatic heterocycles. The molecule has 0 aliphatic heterocycles. The van der Waals surface area contributed by atoms with Crippen molar-refractivity contribution in [3.05, 3.63) is 74.9 Å². The van der Waals surface area contributed by atoms with Crippen LogP contribution in [0.25, 0.3) is 22.2 Å². The Morgan fingerprint density at radius 3 is 2.71 bits per heavy atom. The predicted molar refractivity (Wildman–Crippen MR) is 101 cm³/mol. The third-order valence-corrected chi connectivity index (χ3v) is 4.80. The Labute approximate surface area is 149 Å². The van der Waals surface area contributed by atoms with Crippen molar-refractivity contribution in [2.75, 3.05) is 5.32 Å². The van der Waals surface area contributed by atoms with E-state index in [0.29, 0.717) is 16.8 Å². The number of anilines is 2. The fourth-order valence-corrected chi connectivity index (χ4v) is 3.35. The fourth-order valence-electron chi connectivity index (χ4n) is 2.35. The Hall–Kier alpha value is -2.44. The second kappa shape index (κ2) is 6.22. The van der Waals surface area contributed by atoms with Crippen LogP contribution in [-0.4, -0.2) is 4.98 Å². The Morgan fingerprint density at radius 2 is 1.88 bits per heavy atom. The van der Waals surface area contributed by atoms with Crippen LogP contribution in [0.5, 0.6) is 0 Å². The zero-order valence-electron chi connectivity index (χ0n) is 12.3. The third kappa shape index (κ3) is 2.98. The lowest BCUT2D eigenvalue weighted by atomic mass is 10.1. The molecule has 0 aliphatic rings. The number of nitrogens with zero attached hydrogens (tertiary/aromatic N) is 1. The second-order valence-corrected chi connectivity index (χ2v) is 6.93. The molecule has 4 nitrogen and oxygen atoms in total. The first-order chi connectivity index (χ1) is 11.7. The quantitative estimate of drug-likeness (QED) is 0.467. The van der Waals surface area contributed by atoms with Gasteiger partial charge in [-0.05, 0) is 36.4 Å². The number of hydrogen-bond donors (Lipinski definition) is 1. The molecular weight excluding hydrogens is 388 g/mol. The highest BCUT2D eigenvalue weighted by molar-refractivity contribution is 9.10. The molecule has 0 unspecified atom stereocenters. The van der Waals surface area contributed by atoms with Crippen molar-refractivity contribution in [1.29, 1.82) is 0 Å². The summed E-state index contributed by atoms with van der Waals surface area (Å²) in [4.78, 5) is 16.7. The largest absolute Gasteiger partial charge is 0.422 e. The summed E-state index contributed by atoms with van der Waals surface area (Å²) in [6, 6.07) is 17.1. The molecule has 2 heterocycles. The number of hydrogen-bond acceptors (Lipinski definition) is 5. The van der Waals surface area contributed by atoms with Crippen molar-refractivity contribution in [3.63, 3.8) is 0 Å². The lowest BCUT2D eigenvalue weighted by Gasteiger charge is -2.02. The van der Waals surface area contributed by atoms with E-state index >= 15 is 0 Å². The zero-order chi connectivity index (χ0) is 16.5. The number of nitrogens with one attached hydrogen (secondary N) is 1. The molecule has 0 fully saturated rings. The number of thiazole rings is 1. The van der Waals surface area contributed by atoms with E-state index in [4.69, 9.17) is 4.42 Å². The summed E-state index contributed by atoms with van der Waals surface area (Å²) in [6.07, 6.45) is 0. The van der Waals surface area contributed by atoms with Gasteiger partial charge in [-0.25, -0.2) is 9.78 Å². The summed E-state index contributed by atoms with van der Waals surface area (Å²) in [5.74, 6) is 0. The highest BCUT2D eigenvalue weighted by Crippen LogP contribution is 2.27. The van der Waals surface area contributed by atoms with Crippen LogP contribution in [0.15, 0.2) is 73.7 Å². The molecule has 24 heavy (non-hydrogen) atoms. The van der Waals surface area contributed by atoms with E-state index < -0.39 is 0 Å². The molecule has 4 aromatic rings. The maximum Gasteiger partial charge on any atom is 0.345 e. The minimum absolute atomic E-state index is 0.380. The molecule has 1 N–H and O–H groups in total. The molecule has 0 bridgehead atoms. The first kappa shape index (κ1) is 15.1. The Morgan fingerprint density at radius 1 is 1.08 bits per heavy atom. The molecule has 0 saturated heterocycles. The number of rotatable bonds is 3. The van der Waals surface area contributed by atoms with Crippen LogP contribution >= 0.6 is 27.3 Å². The Bertz CT molecular complexity index is 1070. The molecule has 0 aliphatic carbocycles. The monoisotopic (exact) mass is 398 g/mol. The summed E-state index contributed by atoms with van der Waals surface area (Å²) in [5, 5.41) is 6.68. The van der Waals surface area contributed by atoms with Gasteiger partial charge in [-0.2, -0.15) is 0 Å². The molecule has 2 aromatic carbocycles. The van der Waals surface area contributed by atoms with Crippen molar-refractivity contribution >= 4 is 49.1 Å². The second-order valence-electron chi connectivity index (χ2n) is 5.16. The van der Waals surface area contributed by atoms with Crippen LogP contribution in [0.3, 0.4) is 0 Å². The van der Waals surface area contributed by atoms with Crippen molar-refractivity contribution in [2.24, 2.45) is 0 Å². The Kier molecular flexibility index (Phi) is 3.92. The van der Waals surface area contributed by atoms with Crippen LogP contribution in [-0.2, 0) is 0 Å². The average Bonchev–Trinajstić information content (AvgIpc) is 3.04. The van der Waals surface area contributed by atoms with E-state index in [9.17, 15) is 4.79 Å². The van der Waals surface area contributed by atoms with Gasteiger partial charge in [0.05, 0.1) is 11.3 Å². The van der Waals surface area contributed by atoms with E-state index in [1.807, 2.05) is 53.9 Å². The van der Waals surface area contributed by atoms with Crippen LogP contribution in [0, 0.1) is 0 Å². The normalized spacial score (nSPS) is 10.9. The van der Waals surface area contributed by atoms with Crippen molar-refractivity contribution in [2.45, 2.75) is 0 Å². The Balaban J connectivity index is 1.68. The first-order valence-corrected chi connectivity index (χ1v) is 8.88. The van der Waals surface area contributed by atoms with E-state index in [0.717, 1.165) is 20.7 Å². The minimum Gasteiger partial charge on any atom is -0.422 e. The number of para-hydroxylation sites is 1.